The molecule has 0 saturated heterocycles. The first-order chi connectivity index (χ1) is 12.5. The third-order valence-electron chi connectivity index (χ3n) is 4.39. The van der Waals surface area contributed by atoms with Crippen molar-refractivity contribution in [2.75, 3.05) is 19.4 Å². The SMILES string of the molecule is COc1cc2c(cc1S(=O)(=O)NCCSc1ccc(Cl)cc1)CCCC2. The van der Waals surface area contributed by atoms with Gasteiger partial charge in [-0.15, -0.1) is 11.8 Å². The van der Waals surface area contributed by atoms with Gasteiger partial charge in [0, 0.05) is 22.2 Å². The number of rotatable bonds is 7. The van der Waals surface area contributed by atoms with Crippen molar-refractivity contribution < 1.29 is 13.2 Å². The van der Waals surface area contributed by atoms with Crippen LogP contribution in [0.1, 0.15) is 24.0 Å². The fraction of sp³-hybridized carbons (Fsp3) is 0.368. The first-order valence-electron chi connectivity index (χ1n) is 8.57. The van der Waals surface area contributed by atoms with Gasteiger partial charge < -0.3 is 4.74 Å². The normalized spacial score (nSPS) is 14.1. The molecule has 1 N–H and O–H groups in total. The molecule has 26 heavy (non-hydrogen) atoms. The Morgan fingerprint density at radius 3 is 2.42 bits per heavy atom. The predicted molar refractivity (Wildman–Crippen MR) is 107 cm³/mol. The molecule has 0 atom stereocenters. The Kier molecular flexibility index (Phi) is 6.51. The Morgan fingerprint density at radius 2 is 1.77 bits per heavy atom. The highest BCUT2D eigenvalue weighted by Gasteiger charge is 2.22. The summed E-state index contributed by atoms with van der Waals surface area (Å²) in [5.74, 6) is 1.05. The molecule has 2 aromatic carbocycles. The van der Waals surface area contributed by atoms with Gasteiger partial charge in [0.2, 0.25) is 10.0 Å². The topological polar surface area (TPSA) is 55.4 Å². The third kappa shape index (κ3) is 4.74. The van der Waals surface area contributed by atoms with Crippen LogP contribution >= 0.6 is 23.4 Å². The maximum absolute atomic E-state index is 12.7. The van der Waals surface area contributed by atoms with Gasteiger partial charge in [-0.05, 0) is 73.2 Å². The Balaban J connectivity index is 1.66. The van der Waals surface area contributed by atoms with Crippen LogP contribution in [0, 0.1) is 0 Å². The number of thioether (sulfide) groups is 1. The lowest BCUT2D eigenvalue weighted by Gasteiger charge is -2.19. The first kappa shape index (κ1) is 19.5. The molecule has 0 heterocycles. The Bertz CT molecular complexity index is 867. The molecule has 0 radical (unpaired) electrons. The lowest BCUT2D eigenvalue weighted by Crippen LogP contribution is -2.27. The number of sulfonamides is 1. The van der Waals surface area contributed by atoms with E-state index in [9.17, 15) is 8.42 Å². The van der Waals surface area contributed by atoms with Gasteiger partial charge in [-0.1, -0.05) is 11.6 Å². The van der Waals surface area contributed by atoms with Gasteiger partial charge in [0.15, 0.2) is 0 Å². The molecule has 0 aliphatic heterocycles. The summed E-state index contributed by atoms with van der Waals surface area (Å²) in [5, 5.41) is 0.689. The average Bonchev–Trinajstić information content (AvgIpc) is 2.65. The van der Waals surface area contributed by atoms with Crippen molar-refractivity contribution >= 4 is 33.4 Å². The molecule has 0 fully saturated rings. The highest BCUT2D eigenvalue weighted by atomic mass is 35.5. The molecule has 0 bridgehead atoms. The second-order valence-electron chi connectivity index (χ2n) is 6.18. The number of hydrogen-bond acceptors (Lipinski definition) is 4. The van der Waals surface area contributed by atoms with Crippen LogP contribution in [0.4, 0.5) is 0 Å². The molecular weight excluding hydrogens is 390 g/mol. The van der Waals surface area contributed by atoms with Crippen LogP contribution in [-0.2, 0) is 22.9 Å². The van der Waals surface area contributed by atoms with Crippen molar-refractivity contribution in [3.8, 4) is 5.75 Å². The molecule has 0 spiro atoms. The van der Waals surface area contributed by atoms with E-state index in [0.717, 1.165) is 36.1 Å². The molecule has 140 valence electrons. The van der Waals surface area contributed by atoms with Gasteiger partial charge in [0.25, 0.3) is 0 Å². The van der Waals surface area contributed by atoms with E-state index in [2.05, 4.69) is 4.72 Å². The van der Waals surface area contributed by atoms with Gasteiger partial charge in [-0.3, -0.25) is 0 Å². The van der Waals surface area contributed by atoms with E-state index in [4.69, 9.17) is 16.3 Å². The fourth-order valence-corrected chi connectivity index (χ4v) is 5.32. The van der Waals surface area contributed by atoms with E-state index >= 15 is 0 Å². The van der Waals surface area contributed by atoms with Gasteiger partial charge in [0.1, 0.15) is 10.6 Å². The van der Waals surface area contributed by atoms with E-state index in [-0.39, 0.29) is 4.90 Å². The molecule has 0 amide bonds. The van der Waals surface area contributed by atoms with Crippen LogP contribution < -0.4 is 9.46 Å². The molecule has 0 unspecified atom stereocenters. The van der Waals surface area contributed by atoms with Crippen molar-refractivity contribution in [2.45, 2.75) is 35.5 Å². The predicted octanol–water partition coefficient (Wildman–Crippen LogP) is 4.30. The third-order valence-corrected chi connectivity index (χ3v) is 7.14. The highest BCUT2D eigenvalue weighted by Crippen LogP contribution is 2.32. The molecule has 2 aromatic rings. The van der Waals surface area contributed by atoms with Crippen LogP contribution in [0.3, 0.4) is 0 Å². The number of nitrogens with one attached hydrogen (secondary N) is 1. The van der Waals surface area contributed by atoms with E-state index in [1.807, 2.05) is 30.3 Å². The number of halogens is 1. The summed E-state index contributed by atoms with van der Waals surface area (Å²) in [6.07, 6.45) is 4.15. The van der Waals surface area contributed by atoms with Crippen LogP contribution in [-0.4, -0.2) is 27.8 Å². The molecule has 1 aliphatic carbocycles. The zero-order valence-electron chi connectivity index (χ0n) is 14.6. The molecule has 1 aliphatic rings. The number of ether oxygens (including phenoxy) is 1. The molecule has 0 saturated carbocycles. The zero-order valence-corrected chi connectivity index (χ0v) is 17.0. The number of fused-ring (bicyclic) bond motifs is 1. The van der Waals surface area contributed by atoms with Gasteiger partial charge in [0.05, 0.1) is 7.11 Å². The molecular formula is C19H22ClNO3S2. The summed E-state index contributed by atoms with van der Waals surface area (Å²) in [5.41, 5.74) is 2.32. The molecule has 0 aromatic heterocycles. The summed E-state index contributed by atoms with van der Waals surface area (Å²) in [6, 6.07) is 11.2. The van der Waals surface area contributed by atoms with Crippen molar-refractivity contribution in [2.24, 2.45) is 0 Å². The van der Waals surface area contributed by atoms with E-state index in [0.29, 0.717) is 23.1 Å². The van der Waals surface area contributed by atoms with Gasteiger partial charge in [-0.25, -0.2) is 13.1 Å². The fourth-order valence-electron chi connectivity index (χ4n) is 3.06. The van der Waals surface area contributed by atoms with Crippen molar-refractivity contribution in [1.82, 2.24) is 4.72 Å². The summed E-state index contributed by atoms with van der Waals surface area (Å²) < 4.78 is 33.5. The van der Waals surface area contributed by atoms with E-state index < -0.39 is 10.0 Å². The number of aryl methyl sites for hydroxylation is 2. The summed E-state index contributed by atoms with van der Waals surface area (Å²) in [7, 11) is -2.09. The zero-order chi connectivity index (χ0) is 18.6. The lowest BCUT2D eigenvalue weighted by atomic mass is 9.92. The minimum atomic E-state index is -3.61. The second kappa shape index (κ2) is 8.65. The smallest absolute Gasteiger partial charge is 0.244 e. The standard InChI is InChI=1S/C19H22ClNO3S2/c1-24-18-12-14-4-2-3-5-15(14)13-19(18)26(22,23)21-10-11-25-17-8-6-16(20)7-9-17/h6-9,12-13,21H,2-5,10-11H2,1H3. The van der Waals surface area contributed by atoms with Crippen LogP contribution in [0.15, 0.2) is 46.2 Å². The highest BCUT2D eigenvalue weighted by molar-refractivity contribution is 7.99. The Hall–Kier alpha value is -1.21. The molecule has 7 heteroatoms. The molecule has 3 rings (SSSR count). The summed E-state index contributed by atoms with van der Waals surface area (Å²) >= 11 is 7.45. The van der Waals surface area contributed by atoms with Crippen LogP contribution in [0.25, 0.3) is 0 Å². The largest absolute Gasteiger partial charge is 0.495 e. The van der Waals surface area contributed by atoms with Gasteiger partial charge >= 0.3 is 0 Å². The van der Waals surface area contributed by atoms with E-state index in [1.165, 1.54) is 12.7 Å². The minimum Gasteiger partial charge on any atom is -0.495 e. The van der Waals surface area contributed by atoms with Crippen LogP contribution in [0.5, 0.6) is 5.75 Å². The Morgan fingerprint density at radius 1 is 1.12 bits per heavy atom. The maximum Gasteiger partial charge on any atom is 0.244 e. The monoisotopic (exact) mass is 411 g/mol. The maximum atomic E-state index is 12.7. The number of hydrogen-bond donors (Lipinski definition) is 1. The quantitative estimate of drug-likeness (QED) is 0.545. The summed E-state index contributed by atoms with van der Waals surface area (Å²) in [6.45, 7) is 0.343. The van der Waals surface area contributed by atoms with Crippen LogP contribution in [0.2, 0.25) is 5.02 Å². The lowest BCUT2D eigenvalue weighted by molar-refractivity contribution is 0.401. The summed E-state index contributed by atoms with van der Waals surface area (Å²) in [4.78, 5) is 1.29. The number of benzene rings is 2. The second-order valence-corrected chi connectivity index (χ2v) is 9.52. The Labute approximate surface area is 164 Å². The first-order valence-corrected chi connectivity index (χ1v) is 11.4. The van der Waals surface area contributed by atoms with E-state index in [1.54, 1.807) is 17.8 Å². The van der Waals surface area contributed by atoms with Crippen molar-refractivity contribution in [3.63, 3.8) is 0 Å². The van der Waals surface area contributed by atoms with Gasteiger partial charge in [-0.2, -0.15) is 0 Å². The van der Waals surface area contributed by atoms with Crippen molar-refractivity contribution in [3.05, 3.63) is 52.5 Å². The number of methoxy groups -OCH3 is 1. The van der Waals surface area contributed by atoms with Crippen molar-refractivity contribution in [1.29, 1.82) is 0 Å². The average molecular weight is 412 g/mol. The minimum absolute atomic E-state index is 0.233. The molecule has 4 nitrogen and oxygen atoms in total.